The van der Waals surface area contributed by atoms with Crippen molar-refractivity contribution in [2.75, 3.05) is 6.79 Å². The van der Waals surface area contributed by atoms with Crippen molar-refractivity contribution in [1.29, 1.82) is 0 Å². The highest BCUT2D eigenvalue weighted by atomic mass is 16.6. The molecule has 0 heterocycles. The van der Waals surface area contributed by atoms with Crippen molar-refractivity contribution in [2.45, 2.75) is 0 Å². The van der Waals surface area contributed by atoms with Gasteiger partial charge in [-0.1, -0.05) is 18.7 Å². The number of nitrogens with two attached hydrogens (primary N) is 1. The Balaban J connectivity index is 2.93. The van der Waals surface area contributed by atoms with Gasteiger partial charge in [0.05, 0.1) is 0 Å². The van der Waals surface area contributed by atoms with Gasteiger partial charge < -0.3 is 15.6 Å². The van der Waals surface area contributed by atoms with Gasteiger partial charge >= 0.3 is 0 Å². The highest BCUT2D eigenvalue weighted by Gasteiger charge is 2.05. The number of carbonyl (C=O) groups excluding carboxylic acids is 1. The van der Waals surface area contributed by atoms with E-state index in [1.807, 2.05) is 0 Å². The second kappa shape index (κ2) is 4.43. The first-order valence-electron chi connectivity index (χ1n) is 3.98. The number of amides is 1. The summed E-state index contributed by atoms with van der Waals surface area (Å²) in [5.74, 6) is -0.112. The van der Waals surface area contributed by atoms with E-state index in [1.165, 1.54) is 0 Å². The molecule has 0 unspecified atom stereocenters. The fourth-order valence-corrected chi connectivity index (χ4v) is 0.990. The molecule has 1 amide bonds. The van der Waals surface area contributed by atoms with Crippen LogP contribution in [0.15, 0.2) is 30.8 Å². The van der Waals surface area contributed by atoms with Crippen molar-refractivity contribution in [3.05, 3.63) is 36.4 Å². The molecule has 4 nitrogen and oxygen atoms in total. The van der Waals surface area contributed by atoms with Crippen LogP contribution < -0.4 is 10.5 Å². The number of rotatable bonds is 4. The molecule has 4 heteroatoms. The van der Waals surface area contributed by atoms with E-state index >= 15 is 0 Å². The van der Waals surface area contributed by atoms with Gasteiger partial charge in [0.1, 0.15) is 5.75 Å². The first-order valence-corrected chi connectivity index (χ1v) is 3.98. The number of primary amides is 1. The molecule has 0 aliphatic heterocycles. The summed E-state index contributed by atoms with van der Waals surface area (Å²) in [6.07, 6.45) is 0. The van der Waals surface area contributed by atoms with Crippen LogP contribution in [0.5, 0.6) is 5.75 Å². The third kappa shape index (κ3) is 2.34. The lowest BCUT2D eigenvalue weighted by Gasteiger charge is -2.05. The minimum Gasteiger partial charge on any atom is -0.468 e. The third-order valence-electron chi connectivity index (χ3n) is 1.71. The van der Waals surface area contributed by atoms with E-state index in [2.05, 4.69) is 6.58 Å². The first-order chi connectivity index (χ1) is 6.65. The van der Waals surface area contributed by atoms with E-state index in [9.17, 15) is 4.79 Å². The maximum absolute atomic E-state index is 10.8. The van der Waals surface area contributed by atoms with Gasteiger partial charge in [0.2, 0.25) is 5.91 Å². The van der Waals surface area contributed by atoms with E-state index in [0.717, 1.165) is 0 Å². The Bertz CT molecular complexity index is 360. The number of hydrogen-bond donors (Lipinski definition) is 2. The summed E-state index contributed by atoms with van der Waals surface area (Å²) in [6.45, 7) is 3.12. The lowest BCUT2D eigenvalue weighted by atomic mass is 10.1. The fraction of sp³-hybridized carbons (Fsp3) is 0.100. The Kier molecular flexibility index (Phi) is 3.25. The molecule has 0 atom stereocenters. The molecule has 0 radical (unpaired) electrons. The Morgan fingerprint density at radius 2 is 2.29 bits per heavy atom. The molecule has 74 valence electrons. The molecule has 14 heavy (non-hydrogen) atoms. The lowest BCUT2D eigenvalue weighted by molar-refractivity contribution is -0.112. The molecule has 0 aliphatic carbocycles. The molecule has 0 spiro atoms. The molecule has 0 saturated carbocycles. The van der Waals surface area contributed by atoms with Gasteiger partial charge in [-0.15, -0.1) is 0 Å². The zero-order valence-electron chi connectivity index (χ0n) is 7.56. The number of ether oxygens (including phenoxy) is 1. The maximum atomic E-state index is 10.8. The van der Waals surface area contributed by atoms with Crippen LogP contribution >= 0.6 is 0 Å². The number of carbonyl (C=O) groups is 1. The Morgan fingerprint density at radius 3 is 2.86 bits per heavy atom. The number of aliphatic hydroxyl groups excluding tert-OH is 1. The largest absolute Gasteiger partial charge is 0.468 e. The molecule has 0 saturated heterocycles. The summed E-state index contributed by atoms with van der Waals surface area (Å²) in [5.41, 5.74) is 5.87. The van der Waals surface area contributed by atoms with Gasteiger partial charge in [-0.05, 0) is 17.7 Å². The molecule has 3 N–H and O–H groups in total. The van der Waals surface area contributed by atoms with E-state index in [0.29, 0.717) is 11.3 Å². The smallest absolute Gasteiger partial charge is 0.248 e. The van der Waals surface area contributed by atoms with Crippen molar-refractivity contribution in [3.63, 3.8) is 0 Å². The summed E-state index contributed by atoms with van der Waals surface area (Å²) in [7, 11) is 0. The molecule has 1 aromatic carbocycles. The van der Waals surface area contributed by atoms with Gasteiger partial charge in [-0.3, -0.25) is 4.79 Å². The van der Waals surface area contributed by atoms with Crippen molar-refractivity contribution >= 4 is 11.5 Å². The Morgan fingerprint density at radius 1 is 1.57 bits per heavy atom. The predicted octanol–water partition coefficient (Wildman–Crippen LogP) is 0.514. The predicted molar refractivity (Wildman–Crippen MR) is 52.4 cm³/mol. The molecule has 0 aliphatic rings. The van der Waals surface area contributed by atoms with Crippen LogP contribution in [0.25, 0.3) is 5.57 Å². The van der Waals surface area contributed by atoms with Crippen molar-refractivity contribution < 1.29 is 14.6 Å². The standard InChI is InChI=1S/C10H11NO3/c1-7(10(11)13)8-3-2-4-9(5-8)14-6-12/h2-5,12H,1,6H2,(H2,11,13). The van der Waals surface area contributed by atoms with Crippen molar-refractivity contribution in [1.82, 2.24) is 0 Å². The molecule has 0 aromatic heterocycles. The summed E-state index contributed by atoms with van der Waals surface area (Å²) in [4.78, 5) is 10.8. The SMILES string of the molecule is C=C(C(N)=O)c1cccc(OCO)c1. The maximum Gasteiger partial charge on any atom is 0.248 e. The van der Waals surface area contributed by atoms with Gasteiger partial charge in [-0.25, -0.2) is 0 Å². The lowest BCUT2D eigenvalue weighted by Crippen LogP contribution is -2.11. The number of benzene rings is 1. The molecular formula is C10H11NO3. The van der Waals surface area contributed by atoms with E-state index < -0.39 is 12.7 Å². The van der Waals surface area contributed by atoms with Crippen LogP contribution in [0.3, 0.4) is 0 Å². The number of hydrogen-bond acceptors (Lipinski definition) is 3. The average molecular weight is 193 g/mol. The summed E-state index contributed by atoms with van der Waals surface area (Å²) < 4.78 is 4.84. The molecule has 0 fully saturated rings. The molecular weight excluding hydrogens is 182 g/mol. The van der Waals surface area contributed by atoms with Crippen LogP contribution in [0, 0.1) is 0 Å². The Labute approximate surface area is 81.6 Å². The average Bonchev–Trinajstić information content (AvgIpc) is 2.17. The van der Waals surface area contributed by atoms with Crippen LogP contribution in [-0.2, 0) is 4.79 Å². The number of aliphatic hydroxyl groups is 1. The quantitative estimate of drug-likeness (QED) is 0.540. The monoisotopic (exact) mass is 193 g/mol. The summed E-state index contributed by atoms with van der Waals surface area (Å²) in [6, 6.07) is 6.63. The molecule has 0 bridgehead atoms. The van der Waals surface area contributed by atoms with E-state index in [4.69, 9.17) is 15.6 Å². The van der Waals surface area contributed by atoms with Crippen LogP contribution in [-0.4, -0.2) is 17.8 Å². The van der Waals surface area contributed by atoms with Crippen molar-refractivity contribution in [3.8, 4) is 5.75 Å². The van der Waals surface area contributed by atoms with Gasteiger partial charge in [0.25, 0.3) is 0 Å². The third-order valence-corrected chi connectivity index (χ3v) is 1.71. The fourth-order valence-electron chi connectivity index (χ4n) is 0.990. The second-order valence-corrected chi connectivity index (χ2v) is 2.64. The van der Waals surface area contributed by atoms with Gasteiger partial charge in [0.15, 0.2) is 6.79 Å². The van der Waals surface area contributed by atoms with Crippen LogP contribution in [0.4, 0.5) is 0 Å². The summed E-state index contributed by atoms with van der Waals surface area (Å²) >= 11 is 0. The van der Waals surface area contributed by atoms with Gasteiger partial charge in [-0.2, -0.15) is 0 Å². The van der Waals surface area contributed by atoms with Gasteiger partial charge in [0, 0.05) is 5.57 Å². The summed E-state index contributed by atoms with van der Waals surface area (Å²) in [5, 5.41) is 8.52. The minimum atomic E-state index is -0.578. The first kappa shape index (κ1) is 10.3. The minimum absolute atomic E-state index is 0.216. The van der Waals surface area contributed by atoms with E-state index in [-0.39, 0.29) is 5.57 Å². The highest BCUT2D eigenvalue weighted by molar-refractivity contribution is 6.17. The van der Waals surface area contributed by atoms with Crippen LogP contribution in [0.2, 0.25) is 0 Å². The zero-order chi connectivity index (χ0) is 10.6. The van der Waals surface area contributed by atoms with Crippen molar-refractivity contribution in [2.24, 2.45) is 5.73 Å². The zero-order valence-corrected chi connectivity index (χ0v) is 7.56. The van der Waals surface area contributed by atoms with Crippen LogP contribution in [0.1, 0.15) is 5.56 Å². The second-order valence-electron chi connectivity index (χ2n) is 2.64. The Hall–Kier alpha value is -1.81. The highest BCUT2D eigenvalue weighted by Crippen LogP contribution is 2.18. The normalized spacial score (nSPS) is 9.50. The molecule has 1 rings (SSSR count). The molecule has 1 aromatic rings. The van der Waals surface area contributed by atoms with E-state index in [1.54, 1.807) is 24.3 Å². The topological polar surface area (TPSA) is 72.6 Å².